The van der Waals surface area contributed by atoms with Gasteiger partial charge in [0.1, 0.15) is 5.82 Å². The maximum atomic E-state index is 12.9. The van der Waals surface area contributed by atoms with Gasteiger partial charge in [-0.1, -0.05) is 12.1 Å². The highest BCUT2D eigenvalue weighted by molar-refractivity contribution is 5.90. The van der Waals surface area contributed by atoms with E-state index in [9.17, 15) is 9.18 Å². The van der Waals surface area contributed by atoms with Gasteiger partial charge in [-0.25, -0.2) is 4.39 Å². The fourth-order valence-corrected chi connectivity index (χ4v) is 1.92. The van der Waals surface area contributed by atoms with Crippen LogP contribution in [-0.4, -0.2) is 37.5 Å². The molecule has 2 aromatic rings. The third-order valence-corrected chi connectivity index (χ3v) is 3.05. The molecule has 1 aromatic heterocycles. The van der Waals surface area contributed by atoms with Gasteiger partial charge in [0.25, 0.3) is 11.7 Å². The van der Waals surface area contributed by atoms with E-state index in [1.807, 2.05) is 0 Å². The summed E-state index contributed by atoms with van der Waals surface area (Å²) in [6.07, 6.45) is 1.95. The number of aromatic nitrogens is 4. The largest absolute Gasteiger partial charge is 0.328 e. The van der Waals surface area contributed by atoms with Crippen molar-refractivity contribution in [2.24, 2.45) is 0 Å². The molecule has 0 aliphatic heterocycles. The average Bonchev–Trinajstić information content (AvgIpc) is 3.11. The molecule has 1 aliphatic carbocycles. The number of rotatable bonds is 4. The van der Waals surface area contributed by atoms with Crippen molar-refractivity contribution in [3.63, 3.8) is 0 Å². The van der Waals surface area contributed by atoms with Crippen LogP contribution in [0.3, 0.4) is 0 Å². The van der Waals surface area contributed by atoms with E-state index in [1.54, 1.807) is 17.0 Å². The Balaban J connectivity index is 1.78. The zero-order valence-electron chi connectivity index (χ0n) is 10.1. The van der Waals surface area contributed by atoms with Crippen molar-refractivity contribution in [3.05, 3.63) is 41.5 Å². The number of hydrogen-bond acceptors (Lipinski definition) is 4. The van der Waals surface area contributed by atoms with Crippen molar-refractivity contribution in [3.8, 4) is 0 Å². The third kappa shape index (κ3) is 2.59. The van der Waals surface area contributed by atoms with Gasteiger partial charge in [-0.3, -0.25) is 4.79 Å². The maximum Gasteiger partial charge on any atom is 0.296 e. The van der Waals surface area contributed by atoms with Gasteiger partial charge < -0.3 is 4.90 Å². The molecular weight excluding hydrogens is 249 g/mol. The smallest absolute Gasteiger partial charge is 0.296 e. The summed E-state index contributed by atoms with van der Waals surface area (Å²) in [5, 5.41) is 13.1. The van der Waals surface area contributed by atoms with Gasteiger partial charge in [-0.2, -0.15) is 5.21 Å². The Hall–Kier alpha value is -2.31. The zero-order chi connectivity index (χ0) is 13.2. The summed E-state index contributed by atoms with van der Waals surface area (Å²) in [5.41, 5.74) is 0.880. The van der Waals surface area contributed by atoms with Crippen LogP contribution in [0, 0.1) is 5.82 Å². The van der Waals surface area contributed by atoms with E-state index in [1.165, 1.54) is 12.1 Å². The van der Waals surface area contributed by atoms with E-state index in [4.69, 9.17) is 0 Å². The first-order chi connectivity index (χ1) is 9.24. The highest BCUT2D eigenvalue weighted by Gasteiger charge is 2.34. The third-order valence-electron chi connectivity index (χ3n) is 3.05. The quantitative estimate of drug-likeness (QED) is 0.895. The molecule has 0 bridgehead atoms. The molecule has 0 atom stereocenters. The van der Waals surface area contributed by atoms with Crippen LogP contribution < -0.4 is 0 Å². The normalized spacial score (nSPS) is 14.4. The minimum atomic E-state index is -0.286. The minimum absolute atomic E-state index is 0.0639. The van der Waals surface area contributed by atoms with Crippen LogP contribution in [0.5, 0.6) is 0 Å². The number of tetrazole rings is 1. The number of benzene rings is 1. The van der Waals surface area contributed by atoms with Crippen LogP contribution in [0.15, 0.2) is 24.3 Å². The van der Waals surface area contributed by atoms with Gasteiger partial charge in [-0.15, -0.1) is 10.2 Å². The van der Waals surface area contributed by atoms with Crippen LogP contribution in [0.1, 0.15) is 29.0 Å². The van der Waals surface area contributed by atoms with Gasteiger partial charge in [0.05, 0.1) is 0 Å². The molecule has 1 N–H and O–H groups in total. The van der Waals surface area contributed by atoms with Crippen molar-refractivity contribution >= 4 is 5.91 Å². The summed E-state index contributed by atoms with van der Waals surface area (Å²) >= 11 is 0. The Labute approximate surface area is 108 Å². The molecule has 1 heterocycles. The molecule has 1 saturated carbocycles. The number of carbonyl (C=O) groups is 1. The maximum absolute atomic E-state index is 12.9. The molecule has 0 saturated heterocycles. The molecule has 1 aliphatic rings. The number of nitrogens with one attached hydrogen (secondary N) is 1. The second-order valence-corrected chi connectivity index (χ2v) is 4.53. The van der Waals surface area contributed by atoms with E-state index < -0.39 is 0 Å². The lowest BCUT2D eigenvalue weighted by Crippen LogP contribution is -2.33. The van der Waals surface area contributed by atoms with Crippen LogP contribution in [0.2, 0.25) is 0 Å². The zero-order valence-corrected chi connectivity index (χ0v) is 10.1. The Bertz CT molecular complexity index is 564. The second kappa shape index (κ2) is 4.75. The van der Waals surface area contributed by atoms with Gasteiger partial charge >= 0.3 is 0 Å². The Morgan fingerprint density at radius 3 is 2.68 bits per heavy atom. The number of nitrogens with zero attached hydrogens (tertiary/aromatic N) is 4. The van der Waals surface area contributed by atoms with Crippen molar-refractivity contribution in [1.82, 2.24) is 25.5 Å². The topological polar surface area (TPSA) is 74.8 Å². The predicted molar refractivity (Wildman–Crippen MR) is 63.5 cm³/mol. The Morgan fingerprint density at radius 2 is 2.11 bits per heavy atom. The number of hydrogen-bond donors (Lipinski definition) is 1. The SMILES string of the molecule is O=C(c1nn[nH]n1)N(Cc1ccc(F)cc1)C1CC1. The summed E-state index contributed by atoms with van der Waals surface area (Å²) in [6, 6.07) is 6.34. The van der Waals surface area contributed by atoms with Gasteiger partial charge in [0, 0.05) is 12.6 Å². The first-order valence-electron chi connectivity index (χ1n) is 6.03. The van der Waals surface area contributed by atoms with Gasteiger partial charge in [-0.05, 0) is 35.8 Å². The fourth-order valence-electron chi connectivity index (χ4n) is 1.92. The molecule has 19 heavy (non-hydrogen) atoms. The summed E-state index contributed by atoms with van der Waals surface area (Å²) in [6.45, 7) is 0.429. The predicted octanol–water partition coefficient (Wildman–Crippen LogP) is 1.14. The highest BCUT2D eigenvalue weighted by Crippen LogP contribution is 2.29. The number of amides is 1. The summed E-state index contributed by atoms with van der Waals surface area (Å²) in [7, 11) is 0. The van der Waals surface area contributed by atoms with Crippen LogP contribution in [-0.2, 0) is 6.54 Å². The van der Waals surface area contributed by atoms with Crippen LogP contribution >= 0.6 is 0 Å². The van der Waals surface area contributed by atoms with Crippen LogP contribution in [0.25, 0.3) is 0 Å². The highest BCUT2D eigenvalue weighted by atomic mass is 19.1. The molecule has 0 unspecified atom stereocenters. The molecule has 98 valence electrons. The monoisotopic (exact) mass is 261 g/mol. The van der Waals surface area contributed by atoms with Crippen molar-refractivity contribution in [1.29, 1.82) is 0 Å². The molecule has 1 aromatic carbocycles. The average molecular weight is 261 g/mol. The van der Waals surface area contributed by atoms with Gasteiger partial charge in [0.15, 0.2) is 0 Å². The summed E-state index contributed by atoms with van der Waals surface area (Å²) in [5.74, 6) is -0.471. The molecule has 1 fully saturated rings. The lowest BCUT2D eigenvalue weighted by molar-refractivity contribution is 0.0717. The molecule has 0 spiro atoms. The van der Waals surface area contributed by atoms with Crippen molar-refractivity contribution in [2.75, 3.05) is 0 Å². The number of halogens is 1. The second-order valence-electron chi connectivity index (χ2n) is 4.53. The standard InChI is InChI=1S/C12H12FN5O/c13-9-3-1-8(2-4-9)7-18(10-5-6-10)12(19)11-14-16-17-15-11/h1-4,10H,5-7H2,(H,14,15,16,17). The van der Waals surface area contributed by atoms with E-state index in [0.717, 1.165) is 18.4 Å². The summed E-state index contributed by atoms with van der Waals surface area (Å²) < 4.78 is 12.9. The van der Waals surface area contributed by atoms with Crippen molar-refractivity contribution in [2.45, 2.75) is 25.4 Å². The first kappa shape index (κ1) is 11.8. The minimum Gasteiger partial charge on any atom is -0.328 e. The fraction of sp³-hybridized carbons (Fsp3) is 0.333. The number of H-pyrrole nitrogens is 1. The van der Waals surface area contributed by atoms with E-state index in [-0.39, 0.29) is 23.6 Å². The molecule has 7 heteroatoms. The Morgan fingerprint density at radius 1 is 1.37 bits per heavy atom. The lowest BCUT2D eigenvalue weighted by Gasteiger charge is -2.20. The lowest BCUT2D eigenvalue weighted by atomic mass is 10.2. The molecule has 6 nitrogen and oxygen atoms in total. The van der Waals surface area contributed by atoms with E-state index in [2.05, 4.69) is 20.6 Å². The number of carbonyl (C=O) groups excluding carboxylic acids is 1. The van der Waals surface area contributed by atoms with Crippen molar-refractivity contribution < 1.29 is 9.18 Å². The van der Waals surface area contributed by atoms with E-state index in [0.29, 0.717) is 6.54 Å². The number of aromatic amines is 1. The van der Waals surface area contributed by atoms with Crippen LogP contribution in [0.4, 0.5) is 4.39 Å². The molecule has 0 radical (unpaired) electrons. The molecular formula is C12H12FN5O. The first-order valence-corrected chi connectivity index (χ1v) is 6.03. The molecule has 3 rings (SSSR count). The Kier molecular flexibility index (Phi) is 2.94. The summed E-state index contributed by atoms with van der Waals surface area (Å²) in [4.78, 5) is 13.9. The van der Waals surface area contributed by atoms with E-state index >= 15 is 0 Å². The molecule has 1 amide bonds. The van der Waals surface area contributed by atoms with Gasteiger partial charge in [0.2, 0.25) is 0 Å².